The fourth-order valence-corrected chi connectivity index (χ4v) is 2.21. The van der Waals surface area contributed by atoms with Crippen LogP contribution in [0.4, 0.5) is 0 Å². The highest BCUT2D eigenvalue weighted by atomic mass is 15.0. The molecule has 0 saturated carbocycles. The predicted octanol–water partition coefficient (Wildman–Crippen LogP) is 4.08. The van der Waals surface area contributed by atoms with Gasteiger partial charge < -0.3 is 4.57 Å². The van der Waals surface area contributed by atoms with Gasteiger partial charge in [0, 0.05) is 35.3 Å². The normalized spacial score (nSPS) is 12.8. The van der Waals surface area contributed by atoms with Crippen molar-refractivity contribution >= 4 is 0 Å². The zero-order chi connectivity index (χ0) is 15.1. The lowest BCUT2D eigenvalue weighted by Gasteiger charge is -2.25. The van der Waals surface area contributed by atoms with E-state index in [1.54, 1.807) is 0 Å². The highest BCUT2D eigenvalue weighted by Crippen LogP contribution is 2.33. The molecule has 2 aromatic rings. The topological polar surface area (TPSA) is 30.7 Å². The second kappa shape index (κ2) is 4.72. The maximum atomic E-state index is 4.95. The second-order valence-electron chi connectivity index (χ2n) is 7.52. The molecule has 0 aromatic carbocycles. The Hall–Kier alpha value is -1.64. The van der Waals surface area contributed by atoms with Gasteiger partial charge in [-0.1, -0.05) is 41.5 Å². The van der Waals surface area contributed by atoms with Crippen LogP contribution in [0.1, 0.15) is 52.9 Å². The minimum Gasteiger partial charge on any atom is -0.340 e. The molecule has 2 rings (SSSR count). The third-order valence-corrected chi connectivity index (χ3v) is 3.35. The quantitative estimate of drug-likeness (QED) is 0.782. The summed E-state index contributed by atoms with van der Waals surface area (Å²) in [5.74, 6) is 0. The Morgan fingerprint density at radius 1 is 0.950 bits per heavy atom. The van der Waals surface area contributed by atoms with E-state index in [0.717, 1.165) is 22.6 Å². The minimum atomic E-state index is -0.00584. The standard InChI is InChI=1S/C17H25N3/c1-16(2,3)14-9-8-12(13-10-20(7)11-18-13)15(19-14)17(4,5)6/h8-11H,1-7H3. The van der Waals surface area contributed by atoms with Gasteiger partial charge in [-0.25, -0.2) is 4.98 Å². The van der Waals surface area contributed by atoms with Gasteiger partial charge in [0.1, 0.15) is 0 Å². The molecule has 108 valence electrons. The number of imidazole rings is 1. The van der Waals surface area contributed by atoms with Crippen molar-refractivity contribution in [1.29, 1.82) is 0 Å². The van der Waals surface area contributed by atoms with Crippen LogP contribution in [0.3, 0.4) is 0 Å². The first-order valence-corrected chi connectivity index (χ1v) is 7.09. The van der Waals surface area contributed by atoms with Gasteiger partial charge in [-0.05, 0) is 12.1 Å². The highest BCUT2D eigenvalue weighted by molar-refractivity contribution is 5.63. The molecule has 0 aliphatic carbocycles. The zero-order valence-corrected chi connectivity index (χ0v) is 13.7. The van der Waals surface area contributed by atoms with Crippen molar-refractivity contribution in [1.82, 2.24) is 14.5 Å². The van der Waals surface area contributed by atoms with Crippen molar-refractivity contribution in [3.05, 3.63) is 36.0 Å². The average molecular weight is 271 g/mol. The van der Waals surface area contributed by atoms with E-state index in [1.807, 2.05) is 24.1 Å². The largest absolute Gasteiger partial charge is 0.340 e. The van der Waals surface area contributed by atoms with E-state index in [2.05, 4.69) is 58.7 Å². The summed E-state index contributed by atoms with van der Waals surface area (Å²) in [4.78, 5) is 9.43. The van der Waals surface area contributed by atoms with Crippen LogP contribution in [-0.2, 0) is 17.9 Å². The van der Waals surface area contributed by atoms with Crippen LogP contribution in [-0.4, -0.2) is 14.5 Å². The molecule has 0 saturated heterocycles. The summed E-state index contributed by atoms with van der Waals surface area (Å²) in [6.07, 6.45) is 3.88. The molecule has 0 amide bonds. The molecule has 0 N–H and O–H groups in total. The maximum absolute atomic E-state index is 4.95. The minimum absolute atomic E-state index is 0.00584. The SMILES string of the molecule is Cn1cnc(-c2ccc(C(C)(C)C)nc2C(C)(C)C)c1. The first-order valence-electron chi connectivity index (χ1n) is 7.09. The lowest BCUT2D eigenvalue weighted by Crippen LogP contribution is -2.20. The monoisotopic (exact) mass is 271 g/mol. The van der Waals surface area contributed by atoms with E-state index in [9.17, 15) is 0 Å². The fourth-order valence-electron chi connectivity index (χ4n) is 2.21. The number of nitrogens with zero attached hydrogens (tertiary/aromatic N) is 3. The van der Waals surface area contributed by atoms with Crippen LogP contribution in [0.2, 0.25) is 0 Å². The van der Waals surface area contributed by atoms with Crippen LogP contribution >= 0.6 is 0 Å². The number of hydrogen-bond donors (Lipinski definition) is 0. The van der Waals surface area contributed by atoms with Gasteiger partial charge in [0.15, 0.2) is 0 Å². The van der Waals surface area contributed by atoms with Crippen LogP contribution < -0.4 is 0 Å². The third kappa shape index (κ3) is 2.92. The predicted molar refractivity (Wildman–Crippen MR) is 83.8 cm³/mol. The fraction of sp³-hybridized carbons (Fsp3) is 0.529. The van der Waals surface area contributed by atoms with Gasteiger partial charge in [-0.2, -0.15) is 0 Å². The van der Waals surface area contributed by atoms with Gasteiger partial charge in [0.25, 0.3) is 0 Å². The third-order valence-electron chi connectivity index (χ3n) is 3.35. The summed E-state index contributed by atoms with van der Waals surface area (Å²) in [6, 6.07) is 4.29. The van der Waals surface area contributed by atoms with Gasteiger partial charge in [0.05, 0.1) is 17.7 Å². The number of rotatable bonds is 1. The Kier molecular flexibility index (Phi) is 3.49. The van der Waals surface area contributed by atoms with Crippen LogP contribution in [0.5, 0.6) is 0 Å². The summed E-state index contributed by atoms with van der Waals surface area (Å²) in [5, 5.41) is 0. The number of hydrogen-bond acceptors (Lipinski definition) is 2. The molecular weight excluding hydrogens is 246 g/mol. The molecule has 3 nitrogen and oxygen atoms in total. The Bertz CT molecular complexity index is 610. The van der Waals surface area contributed by atoms with Crippen molar-refractivity contribution in [3.8, 4) is 11.3 Å². The van der Waals surface area contributed by atoms with Crippen LogP contribution in [0.25, 0.3) is 11.3 Å². The Morgan fingerprint density at radius 2 is 1.60 bits per heavy atom. The molecule has 2 aromatic heterocycles. The highest BCUT2D eigenvalue weighted by Gasteiger charge is 2.25. The Morgan fingerprint density at radius 3 is 2.05 bits per heavy atom. The number of aromatic nitrogens is 3. The Balaban J connectivity index is 2.64. The first-order chi connectivity index (χ1) is 9.09. The molecule has 0 radical (unpaired) electrons. The van der Waals surface area contributed by atoms with Crippen molar-refractivity contribution in [2.45, 2.75) is 52.4 Å². The van der Waals surface area contributed by atoms with Crippen LogP contribution in [0, 0.1) is 0 Å². The molecule has 3 heteroatoms. The van der Waals surface area contributed by atoms with Crippen molar-refractivity contribution < 1.29 is 0 Å². The smallest absolute Gasteiger partial charge is 0.0951 e. The maximum Gasteiger partial charge on any atom is 0.0951 e. The average Bonchev–Trinajstić information content (AvgIpc) is 2.72. The van der Waals surface area contributed by atoms with Gasteiger partial charge >= 0.3 is 0 Å². The summed E-state index contributed by atoms with van der Waals surface area (Å²) in [5.41, 5.74) is 4.42. The summed E-state index contributed by atoms with van der Waals surface area (Å²) >= 11 is 0. The molecule has 0 fully saturated rings. The van der Waals surface area contributed by atoms with Gasteiger partial charge in [-0.15, -0.1) is 0 Å². The van der Waals surface area contributed by atoms with Crippen molar-refractivity contribution in [3.63, 3.8) is 0 Å². The molecule has 0 aliphatic rings. The number of pyridine rings is 1. The molecule has 0 bridgehead atoms. The molecule has 0 spiro atoms. The Labute approximate surface area is 122 Å². The van der Waals surface area contributed by atoms with Crippen molar-refractivity contribution in [2.75, 3.05) is 0 Å². The van der Waals surface area contributed by atoms with Crippen molar-refractivity contribution in [2.24, 2.45) is 7.05 Å². The molecule has 2 heterocycles. The lowest BCUT2D eigenvalue weighted by atomic mass is 9.85. The summed E-state index contributed by atoms with van der Waals surface area (Å²) < 4.78 is 1.97. The van der Waals surface area contributed by atoms with Gasteiger partial charge in [0.2, 0.25) is 0 Å². The van der Waals surface area contributed by atoms with Crippen LogP contribution in [0.15, 0.2) is 24.7 Å². The molecule has 0 aliphatic heterocycles. The van der Waals surface area contributed by atoms with E-state index < -0.39 is 0 Å². The van der Waals surface area contributed by atoms with E-state index in [-0.39, 0.29) is 10.8 Å². The summed E-state index contributed by atoms with van der Waals surface area (Å²) in [6.45, 7) is 13.2. The molecule has 20 heavy (non-hydrogen) atoms. The first kappa shape index (κ1) is 14.8. The van der Waals surface area contributed by atoms with Gasteiger partial charge in [-0.3, -0.25) is 4.98 Å². The molecule has 0 unspecified atom stereocenters. The molecule has 0 atom stereocenters. The zero-order valence-electron chi connectivity index (χ0n) is 13.7. The second-order valence-corrected chi connectivity index (χ2v) is 7.52. The summed E-state index contributed by atoms with van der Waals surface area (Å²) in [7, 11) is 1.99. The number of aryl methyl sites for hydroxylation is 1. The van der Waals surface area contributed by atoms with E-state index in [0.29, 0.717) is 0 Å². The van der Waals surface area contributed by atoms with E-state index in [1.165, 1.54) is 0 Å². The van der Waals surface area contributed by atoms with E-state index in [4.69, 9.17) is 4.98 Å². The molecular formula is C17H25N3. The lowest BCUT2D eigenvalue weighted by molar-refractivity contribution is 0.532. The van der Waals surface area contributed by atoms with E-state index >= 15 is 0 Å².